The largest absolute Gasteiger partial charge is 0.508 e. The molecule has 128 valence electrons. The molecule has 4 N–H and O–H groups in total. The van der Waals surface area contributed by atoms with Crippen LogP contribution in [0.4, 0.5) is 4.79 Å². The zero-order valence-electron chi connectivity index (χ0n) is 13.7. The van der Waals surface area contributed by atoms with Gasteiger partial charge in [-0.15, -0.1) is 0 Å². The Kier molecular flexibility index (Phi) is 7.09. The Morgan fingerprint density at radius 2 is 2.05 bits per heavy atom. The zero-order chi connectivity index (χ0) is 16.9. The number of rotatable bonds is 6. The van der Waals surface area contributed by atoms with Gasteiger partial charge in [-0.1, -0.05) is 20.3 Å². The maximum atomic E-state index is 11.5. The molecule has 22 heavy (non-hydrogen) atoms. The Bertz CT molecular complexity index is 390. The average Bonchev–Trinajstić information content (AvgIpc) is 2.70. The van der Waals surface area contributed by atoms with Gasteiger partial charge in [-0.25, -0.2) is 4.79 Å². The molecule has 0 bridgehead atoms. The number of aliphatic hydroxyl groups is 1. The third kappa shape index (κ3) is 4.58. The van der Waals surface area contributed by atoms with Crippen LogP contribution in [0.1, 0.15) is 40.5 Å². The van der Waals surface area contributed by atoms with Crippen molar-refractivity contribution < 1.29 is 24.2 Å². The molecule has 1 amide bonds. The molecular formula is C15H28N2O5. The van der Waals surface area contributed by atoms with Gasteiger partial charge in [-0.05, 0) is 12.8 Å². The van der Waals surface area contributed by atoms with E-state index >= 15 is 0 Å². The highest BCUT2D eigenvalue weighted by Crippen LogP contribution is 2.33. The number of aliphatic hydroxyl groups excluding tert-OH is 1. The smallest absolute Gasteiger partial charge is 0.435 e. The fourth-order valence-corrected chi connectivity index (χ4v) is 3.04. The van der Waals surface area contributed by atoms with E-state index in [4.69, 9.17) is 15.2 Å². The van der Waals surface area contributed by atoms with E-state index in [0.29, 0.717) is 6.42 Å². The molecule has 0 heterocycles. The number of hydrogen-bond acceptors (Lipinski definition) is 6. The van der Waals surface area contributed by atoms with Crippen LogP contribution in [0, 0.1) is 11.8 Å². The fourth-order valence-electron chi connectivity index (χ4n) is 3.04. The van der Waals surface area contributed by atoms with E-state index < -0.39 is 18.4 Å². The van der Waals surface area contributed by atoms with Crippen LogP contribution in [0.5, 0.6) is 0 Å². The van der Waals surface area contributed by atoms with Crippen LogP contribution >= 0.6 is 0 Å². The van der Waals surface area contributed by atoms with Gasteiger partial charge in [0.1, 0.15) is 6.10 Å². The van der Waals surface area contributed by atoms with Crippen LogP contribution in [0.15, 0.2) is 0 Å². The van der Waals surface area contributed by atoms with E-state index in [2.05, 4.69) is 5.32 Å². The lowest BCUT2D eigenvalue weighted by molar-refractivity contribution is -0.121. The van der Waals surface area contributed by atoms with Crippen molar-refractivity contribution in [2.24, 2.45) is 17.6 Å². The summed E-state index contributed by atoms with van der Waals surface area (Å²) >= 11 is 0. The molecule has 0 radical (unpaired) electrons. The molecule has 0 aromatic heterocycles. The number of nitrogens with two attached hydrogens (primary N) is 1. The molecule has 0 saturated heterocycles. The number of carbonyl (C=O) groups is 2. The second kappa shape index (κ2) is 8.33. The molecular weight excluding hydrogens is 288 g/mol. The van der Waals surface area contributed by atoms with Crippen LogP contribution in [0.25, 0.3) is 0 Å². The predicted octanol–water partition coefficient (Wildman–Crippen LogP) is 0.787. The number of nitrogens with one attached hydrogen (secondary N) is 1. The summed E-state index contributed by atoms with van der Waals surface area (Å²) in [4.78, 5) is 22.9. The van der Waals surface area contributed by atoms with E-state index in [1.165, 1.54) is 6.92 Å². The van der Waals surface area contributed by atoms with Gasteiger partial charge in [0.25, 0.3) is 0 Å². The zero-order valence-corrected chi connectivity index (χ0v) is 13.7. The Morgan fingerprint density at radius 3 is 2.55 bits per heavy atom. The summed E-state index contributed by atoms with van der Waals surface area (Å²) in [6.07, 6.45) is -1.26. The van der Waals surface area contributed by atoms with Crippen molar-refractivity contribution >= 4 is 12.1 Å². The van der Waals surface area contributed by atoms with Crippen LogP contribution in [0.2, 0.25) is 0 Å². The van der Waals surface area contributed by atoms with Crippen molar-refractivity contribution in [1.82, 2.24) is 5.32 Å². The van der Waals surface area contributed by atoms with Gasteiger partial charge in [-0.3, -0.25) is 4.79 Å². The first kappa shape index (κ1) is 18.7. The van der Waals surface area contributed by atoms with Gasteiger partial charge in [0, 0.05) is 31.3 Å². The van der Waals surface area contributed by atoms with Gasteiger partial charge < -0.3 is 25.6 Å². The van der Waals surface area contributed by atoms with Crippen molar-refractivity contribution in [2.45, 2.75) is 64.8 Å². The second-order valence-electron chi connectivity index (χ2n) is 5.92. The first-order chi connectivity index (χ1) is 10.3. The minimum atomic E-state index is -0.926. The van der Waals surface area contributed by atoms with Crippen molar-refractivity contribution in [3.8, 4) is 0 Å². The van der Waals surface area contributed by atoms with Crippen molar-refractivity contribution in [3.05, 3.63) is 0 Å². The SMILES string of the molecule is CCOC(=O)O[C@@H]1C[C@@H](N)[C@@H](C(NC(C)=O)C(C)CC)[C@H]1O. The number of carbonyl (C=O) groups excluding carboxylic acids is 2. The summed E-state index contributed by atoms with van der Waals surface area (Å²) in [6.45, 7) is 7.34. The second-order valence-corrected chi connectivity index (χ2v) is 5.92. The Labute approximate surface area is 131 Å². The normalized spacial score (nSPS) is 30.5. The molecule has 7 heteroatoms. The highest BCUT2D eigenvalue weighted by molar-refractivity contribution is 5.73. The van der Waals surface area contributed by atoms with Crippen molar-refractivity contribution in [1.29, 1.82) is 0 Å². The molecule has 0 aromatic carbocycles. The lowest BCUT2D eigenvalue weighted by Gasteiger charge is -2.34. The predicted molar refractivity (Wildman–Crippen MR) is 81.0 cm³/mol. The first-order valence-corrected chi connectivity index (χ1v) is 7.85. The van der Waals surface area contributed by atoms with Crippen molar-refractivity contribution in [3.63, 3.8) is 0 Å². The van der Waals surface area contributed by atoms with Gasteiger partial charge in [0.15, 0.2) is 0 Å². The molecule has 1 aliphatic rings. The first-order valence-electron chi connectivity index (χ1n) is 7.85. The van der Waals surface area contributed by atoms with E-state index in [-0.39, 0.29) is 36.4 Å². The minimum Gasteiger partial charge on any atom is -0.435 e. The average molecular weight is 316 g/mol. The van der Waals surface area contributed by atoms with Crippen LogP contribution in [-0.2, 0) is 14.3 Å². The minimum absolute atomic E-state index is 0.149. The fraction of sp³-hybridized carbons (Fsp3) is 0.867. The Hall–Kier alpha value is -1.34. The summed E-state index contributed by atoms with van der Waals surface area (Å²) in [7, 11) is 0. The number of amides is 1. The van der Waals surface area contributed by atoms with E-state index in [1.807, 2.05) is 13.8 Å². The molecule has 1 fully saturated rings. The van der Waals surface area contributed by atoms with E-state index in [9.17, 15) is 14.7 Å². The lowest BCUT2D eigenvalue weighted by Crippen LogP contribution is -2.52. The van der Waals surface area contributed by atoms with E-state index in [1.54, 1.807) is 6.92 Å². The highest BCUT2D eigenvalue weighted by atomic mass is 16.7. The standard InChI is InChI=1S/C15H28N2O5/c1-5-8(3)13(17-9(4)18)12-10(16)7-11(14(12)19)22-15(20)21-6-2/h8,10-14,19H,5-7,16H2,1-4H3,(H,17,18)/t8?,10-,11-,12+,13?,14+/m1/s1. The maximum absolute atomic E-state index is 11.5. The van der Waals surface area contributed by atoms with Crippen LogP contribution in [-0.4, -0.2) is 48.1 Å². The van der Waals surface area contributed by atoms with Crippen molar-refractivity contribution in [2.75, 3.05) is 6.61 Å². The highest BCUT2D eigenvalue weighted by Gasteiger charge is 2.48. The molecule has 1 rings (SSSR count). The summed E-state index contributed by atoms with van der Waals surface area (Å²) in [5.41, 5.74) is 6.14. The van der Waals surface area contributed by atoms with Crippen LogP contribution in [0.3, 0.4) is 0 Å². The molecule has 1 saturated carbocycles. The molecule has 1 aliphatic carbocycles. The van der Waals surface area contributed by atoms with Gasteiger partial charge in [0.05, 0.1) is 12.7 Å². The molecule has 0 aromatic rings. The lowest BCUT2D eigenvalue weighted by atomic mass is 9.83. The topological polar surface area (TPSA) is 111 Å². The monoisotopic (exact) mass is 316 g/mol. The molecule has 2 unspecified atom stereocenters. The van der Waals surface area contributed by atoms with E-state index in [0.717, 1.165) is 6.42 Å². The number of hydrogen-bond donors (Lipinski definition) is 3. The summed E-state index contributed by atoms with van der Waals surface area (Å²) in [5, 5.41) is 13.4. The molecule has 6 atom stereocenters. The summed E-state index contributed by atoms with van der Waals surface area (Å²) in [6, 6.07) is -0.622. The Morgan fingerprint density at radius 1 is 1.41 bits per heavy atom. The van der Waals surface area contributed by atoms with Crippen LogP contribution < -0.4 is 11.1 Å². The van der Waals surface area contributed by atoms with Gasteiger partial charge in [0.2, 0.25) is 5.91 Å². The molecule has 0 spiro atoms. The molecule has 7 nitrogen and oxygen atoms in total. The van der Waals surface area contributed by atoms with Gasteiger partial charge >= 0.3 is 6.16 Å². The quantitative estimate of drug-likeness (QED) is 0.625. The summed E-state index contributed by atoms with van der Waals surface area (Å²) < 4.78 is 9.86. The Balaban J connectivity index is 2.83. The third-order valence-electron chi connectivity index (χ3n) is 4.33. The maximum Gasteiger partial charge on any atom is 0.508 e. The summed E-state index contributed by atoms with van der Waals surface area (Å²) in [5.74, 6) is -0.381. The van der Waals surface area contributed by atoms with Gasteiger partial charge in [-0.2, -0.15) is 0 Å². The molecule has 0 aliphatic heterocycles. The number of ether oxygens (including phenoxy) is 2. The third-order valence-corrected chi connectivity index (χ3v) is 4.33.